The number of ether oxygens (including phenoxy) is 1. The van der Waals surface area contributed by atoms with E-state index in [1.165, 1.54) is 11.3 Å². The third-order valence-electron chi connectivity index (χ3n) is 3.93. The Labute approximate surface area is 116 Å². The van der Waals surface area contributed by atoms with Crippen LogP contribution in [0.25, 0.3) is 0 Å². The summed E-state index contributed by atoms with van der Waals surface area (Å²) in [6.45, 7) is 10.3. The second-order valence-corrected chi connectivity index (χ2v) is 5.20. The number of hydrogen-bond donors (Lipinski definition) is 1. The summed E-state index contributed by atoms with van der Waals surface area (Å²) >= 11 is 0. The lowest BCUT2D eigenvalue weighted by molar-refractivity contribution is 0.0930. The van der Waals surface area contributed by atoms with Gasteiger partial charge in [-0.1, -0.05) is 26.0 Å². The quantitative estimate of drug-likeness (QED) is 0.883. The summed E-state index contributed by atoms with van der Waals surface area (Å²) < 4.78 is 5.57. The molecule has 0 aliphatic carbocycles. The number of hydrogen-bond acceptors (Lipinski definition) is 3. The smallest absolute Gasteiger partial charge is 0.0670 e. The largest absolute Gasteiger partial charge is 0.377 e. The second kappa shape index (κ2) is 6.92. The molecule has 1 aromatic rings. The maximum atomic E-state index is 5.57. The highest BCUT2D eigenvalue weighted by Gasteiger charge is 2.21. The Kier molecular flexibility index (Phi) is 5.23. The maximum absolute atomic E-state index is 5.57. The Balaban J connectivity index is 2.08. The van der Waals surface area contributed by atoms with Crippen molar-refractivity contribution in [3.05, 3.63) is 29.8 Å². The van der Waals surface area contributed by atoms with Gasteiger partial charge in [-0.3, -0.25) is 0 Å². The Bertz CT molecular complexity index is 377. The first-order chi connectivity index (χ1) is 9.26. The van der Waals surface area contributed by atoms with Crippen LogP contribution in [-0.2, 0) is 4.74 Å². The molecule has 1 aliphatic heterocycles. The molecule has 3 heteroatoms. The van der Waals surface area contributed by atoms with Gasteiger partial charge in [0.2, 0.25) is 0 Å². The molecule has 2 unspecified atom stereocenters. The van der Waals surface area contributed by atoms with E-state index in [9.17, 15) is 0 Å². The van der Waals surface area contributed by atoms with Gasteiger partial charge in [-0.05, 0) is 37.6 Å². The molecular formula is C16H26N2O. The van der Waals surface area contributed by atoms with Crippen molar-refractivity contribution in [3.63, 3.8) is 0 Å². The summed E-state index contributed by atoms with van der Waals surface area (Å²) in [5, 5.41) is 3.45. The molecule has 0 bridgehead atoms. The van der Waals surface area contributed by atoms with Crippen LogP contribution in [-0.4, -0.2) is 32.3 Å². The van der Waals surface area contributed by atoms with Gasteiger partial charge in [0.05, 0.1) is 19.3 Å². The summed E-state index contributed by atoms with van der Waals surface area (Å²) in [5.74, 6) is 0. The molecule has 0 amide bonds. The topological polar surface area (TPSA) is 24.5 Å². The minimum Gasteiger partial charge on any atom is -0.377 e. The van der Waals surface area contributed by atoms with E-state index in [0.29, 0.717) is 12.1 Å². The van der Waals surface area contributed by atoms with E-state index in [1.54, 1.807) is 0 Å². The SMILES string of the molecule is CCNC(C)c1ccc(N2CCOCC2CC)cc1. The Hall–Kier alpha value is -1.06. The second-order valence-electron chi connectivity index (χ2n) is 5.20. The van der Waals surface area contributed by atoms with Gasteiger partial charge in [0.15, 0.2) is 0 Å². The normalized spacial score (nSPS) is 21.4. The predicted molar refractivity (Wildman–Crippen MR) is 80.8 cm³/mol. The first-order valence-electron chi connectivity index (χ1n) is 7.44. The van der Waals surface area contributed by atoms with Crippen LogP contribution in [0.1, 0.15) is 38.8 Å². The molecule has 1 heterocycles. The summed E-state index contributed by atoms with van der Waals surface area (Å²) in [7, 11) is 0. The molecule has 106 valence electrons. The zero-order valence-electron chi connectivity index (χ0n) is 12.4. The Morgan fingerprint density at radius 2 is 2.05 bits per heavy atom. The van der Waals surface area contributed by atoms with Crippen LogP contribution in [0.4, 0.5) is 5.69 Å². The minimum absolute atomic E-state index is 0.422. The Morgan fingerprint density at radius 3 is 2.68 bits per heavy atom. The van der Waals surface area contributed by atoms with E-state index < -0.39 is 0 Å². The third kappa shape index (κ3) is 3.48. The molecular weight excluding hydrogens is 236 g/mol. The molecule has 1 aliphatic rings. The first-order valence-corrected chi connectivity index (χ1v) is 7.44. The molecule has 1 saturated heterocycles. The lowest BCUT2D eigenvalue weighted by Gasteiger charge is -2.37. The van der Waals surface area contributed by atoms with Gasteiger partial charge >= 0.3 is 0 Å². The summed E-state index contributed by atoms with van der Waals surface area (Å²) in [6.07, 6.45) is 1.13. The van der Waals surface area contributed by atoms with Crippen molar-refractivity contribution in [2.24, 2.45) is 0 Å². The molecule has 1 N–H and O–H groups in total. The van der Waals surface area contributed by atoms with Gasteiger partial charge in [0, 0.05) is 18.3 Å². The fraction of sp³-hybridized carbons (Fsp3) is 0.625. The van der Waals surface area contributed by atoms with Crippen molar-refractivity contribution in [3.8, 4) is 0 Å². The van der Waals surface area contributed by atoms with Crippen molar-refractivity contribution in [1.29, 1.82) is 0 Å². The van der Waals surface area contributed by atoms with Crippen LogP contribution in [0.15, 0.2) is 24.3 Å². The number of morpholine rings is 1. The van der Waals surface area contributed by atoms with E-state index in [-0.39, 0.29) is 0 Å². The number of benzene rings is 1. The highest BCUT2D eigenvalue weighted by molar-refractivity contribution is 5.49. The number of nitrogens with one attached hydrogen (secondary N) is 1. The predicted octanol–water partition coefficient (Wildman–Crippen LogP) is 2.97. The van der Waals surface area contributed by atoms with E-state index in [4.69, 9.17) is 4.74 Å². The van der Waals surface area contributed by atoms with Crippen LogP contribution < -0.4 is 10.2 Å². The lowest BCUT2D eigenvalue weighted by atomic mass is 10.1. The van der Waals surface area contributed by atoms with Crippen molar-refractivity contribution in [2.45, 2.75) is 39.3 Å². The number of anilines is 1. The molecule has 3 nitrogen and oxygen atoms in total. The van der Waals surface area contributed by atoms with Crippen molar-refractivity contribution in [2.75, 3.05) is 31.2 Å². The van der Waals surface area contributed by atoms with Gasteiger partial charge < -0.3 is 15.0 Å². The molecule has 1 fully saturated rings. The average Bonchev–Trinajstić information content (AvgIpc) is 2.47. The van der Waals surface area contributed by atoms with E-state index in [0.717, 1.165) is 32.7 Å². The van der Waals surface area contributed by atoms with Crippen LogP contribution >= 0.6 is 0 Å². The third-order valence-corrected chi connectivity index (χ3v) is 3.93. The highest BCUT2D eigenvalue weighted by Crippen LogP contribution is 2.23. The zero-order chi connectivity index (χ0) is 13.7. The van der Waals surface area contributed by atoms with Crippen molar-refractivity contribution in [1.82, 2.24) is 5.32 Å². The standard InChI is InChI=1S/C16H26N2O/c1-4-15-12-19-11-10-18(15)16-8-6-14(7-9-16)13(3)17-5-2/h6-9,13,15,17H,4-5,10-12H2,1-3H3. The van der Waals surface area contributed by atoms with Crippen LogP contribution in [0.3, 0.4) is 0 Å². The summed E-state index contributed by atoms with van der Waals surface area (Å²) in [6, 6.07) is 9.92. The fourth-order valence-corrected chi connectivity index (χ4v) is 2.71. The monoisotopic (exact) mass is 262 g/mol. The molecule has 1 aromatic carbocycles. The van der Waals surface area contributed by atoms with E-state index in [2.05, 4.69) is 55.3 Å². The van der Waals surface area contributed by atoms with E-state index >= 15 is 0 Å². The molecule has 0 aromatic heterocycles. The summed E-state index contributed by atoms with van der Waals surface area (Å²) in [5.41, 5.74) is 2.68. The van der Waals surface area contributed by atoms with Crippen LogP contribution in [0, 0.1) is 0 Å². The maximum Gasteiger partial charge on any atom is 0.0670 e. The van der Waals surface area contributed by atoms with Gasteiger partial charge in [-0.15, -0.1) is 0 Å². The highest BCUT2D eigenvalue weighted by atomic mass is 16.5. The van der Waals surface area contributed by atoms with Gasteiger partial charge in [-0.25, -0.2) is 0 Å². The molecule has 0 saturated carbocycles. The zero-order valence-corrected chi connectivity index (χ0v) is 12.4. The molecule has 2 atom stereocenters. The minimum atomic E-state index is 0.422. The number of nitrogens with zero attached hydrogens (tertiary/aromatic N) is 1. The average molecular weight is 262 g/mol. The van der Waals surface area contributed by atoms with Gasteiger partial charge in [-0.2, -0.15) is 0 Å². The molecule has 2 rings (SSSR count). The summed E-state index contributed by atoms with van der Waals surface area (Å²) in [4.78, 5) is 2.48. The first kappa shape index (κ1) is 14.4. The Morgan fingerprint density at radius 1 is 1.32 bits per heavy atom. The van der Waals surface area contributed by atoms with Gasteiger partial charge in [0.1, 0.15) is 0 Å². The fourth-order valence-electron chi connectivity index (χ4n) is 2.71. The molecule has 0 radical (unpaired) electrons. The van der Waals surface area contributed by atoms with Gasteiger partial charge in [0.25, 0.3) is 0 Å². The van der Waals surface area contributed by atoms with Crippen molar-refractivity contribution >= 4 is 5.69 Å². The van der Waals surface area contributed by atoms with Crippen LogP contribution in [0.2, 0.25) is 0 Å². The lowest BCUT2D eigenvalue weighted by Crippen LogP contribution is -2.45. The van der Waals surface area contributed by atoms with Crippen LogP contribution in [0.5, 0.6) is 0 Å². The molecule has 19 heavy (non-hydrogen) atoms. The molecule has 0 spiro atoms. The van der Waals surface area contributed by atoms with Crippen molar-refractivity contribution < 1.29 is 4.74 Å². The van der Waals surface area contributed by atoms with E-state index in [1.807, 2.05) is 0 Å². The number of rotatable bonds is 5.